The van der Waals surface area contributed by atoms with Gasteiger partial charge in [0.15, 0.2) is 0 Å². The van der Waals surface area contributed by atoms with Crippen LogP contribution in [0.2, 0.25) is 0 Å². The first-order chi connectivity index (χ1) is 3.91. The molecule has 0 fully saturated rings. The molecular formula is C5H12N2O. The molecule has 0 bridgehead atoms. The molecule has 0 aliphatic rings. The molecule has 0 aliphatic carbocycles. The third-order valence-electron chi connectivity index (χ3n) is 0.735. The van der Waals surface area contributed by atoms with Crippen LogP contribution in [0.15, 0.2) is 4.99 Å². The van der Waals surface area contributed by atoms with E-state index in [2.05, 4.69) is 17.0 Å². The molecule has 3 heteroatoms. The van der Waals surface area contributed by atoms with E-state index in [-0.39, 0.29) is 6.61 Å². The van der Waals surface area contributed by atoms with Crippen LogP contribution in [0.25, 0.3) is 0 Å². The second kappa shape index (κ2) is 6.59. The van der Waals surface area contributed by atoms with Crippen molar-refractivity contribution in [2.24, 2.45) is 4.99 Å². The van der Waals surface area contributed by atoms with Crippen LogP contribution in [0, 0.1) is 0 Å². The van der Waals surface area contributed by atoms with Gasteiger partial charge in [-0.05, 0) is 6.72 Å². The Bertz CT molecular complexity index is 56.4. The van der Waals surface area contributed by atoms with Gasteiger partial charge in [-0.2, -0.15) is 0 Å². The van der Waals surface area contributed by atoms with E-state index in [1.807, 2.05) is 0 Å². The summed E-state index contributed by atoms with van der Waals surface area (Å²) in [5, 5.41) is 11.2. The number of rotatable bonds is 5. The largest absolute Gasteiger partial charge is 0.395 e. The van der Waals surface area contributed by atoms with E-state index >= 15 is 0 Å². The summed E-state index contributed by atoms with van der Waals surface area (Å²) in [5.74, 6) is 0. The van der Waals surface area contributed by atoms with Crippen LogP contribution in [-0.4, -0.2) is 38.1 Å². The van der Waals surface area contributed by atoms with E-state index in [1.54, 1.807) is 0 Å². The quantitative estimate of drug-likeness (QED) is 0.367. The maximum absolute atomic E-state index is 8.26. The molecule has 8 heavy (non-hydrogen) atoms. The Labute approximate surface area is 49.4 Å². The summed E-state index contributed by atoms with van der Waals surface area (Å²) in [5.41, 5.74) is 0. The topological polar surface area (TPSA) is 44.6 Å². The van der Waals surface area contributed by atoms with Gasteiger partial charge in [0.2, 0.25) is 0 Å². The van der Waals surface area contributed by atoms with Gasteiger partial charge in [-0.15, -0.1) is 0 Å². The number of aliphatic hydroxyl groups excluding tert-OH is 1. The third kappa shape index (κ3) is 5.59. The fraction of sp³-hybridized carbons (Fsp3) is 0.800. The van der Waals surface area contributed by atoms with E-state index < -0.39 is 0 Å². The highest BCUT2D eigenvalue weighted by Gasteiger charge is 1.79. The van der Waals surface area contributed by atoms with Crippen molar-refractivity contribution in [1.82, 2.24) is 5.32 Å². The minimum Gasteiger partial charge on any atom is -0.395 e. The molecule has 0 aromatic rings. The van der Waals surface area contributed by atoms with Crippen LogP contribution in [0.5, 0.6) is 0 Å². The SMILES string of the molecule is C=NCCNCCO. The van der Waals surface area contributed by atoms with E-state index in [0.717, 1.165) is 13.1 Å². The van der Waals surface area contributed by atoms with Crippen molar-refractivity contribution in [3.05, 3.63) is 0 Å². The van der Waals surface area contributed by atoms with Gasteiger partial charge < -0.3 is 10.4 Å². The molecule has 0 radical (unpaired) electrons. The molecule has 3 nitrogen and oxygen atoms in total. The van der Waals surface area contributed by atoms with Crippen LogP contribution >= 0.6 is 0 Å². The average molecular weight is 116 g/mol. The summed E-state index contributed by atoms with van der Waals surface area (Å²) < 4.78 is 0. The van der Waals surface area contributed by atoms with Crippen LogP contribution in [-0.2, 0) is 0 Å². The molecule has 0 saturated carbocycles. The van der Waals surface area contributed by atoms with Crippen molar-refractivity contribution >= 4 is 6.72 Å². The molecule has 0 saturated heterocycles. The maximum atomic E-state index is 8.26. The van der Waals surface area contributed by atoms with Gasteiger partial charge in [0.05, 0.1) is 13.2 Å². The number of nitrogens with zero attached hydrogens (tertiary/aromatic N) is 1. The molecule has 2 N–H and O–H groups in total. The first-order valence-corrected chi connectivity index (χ1v) is 2.66. The molecule has 0 aromatic carbocycles. The van der Waals surface area contributed by atoms with E-state index in [1.165, 1.54) is 0 Å². The van der Waals surface area contributed by atoms with E-state index in [0.29, 0.717) is 6.54 Å². The predicted molar refractivity (Wildman–Crippen MR) is 34.4 cm³/mol. The number of hydrogen-bond donors (Lipinski definition) is 2. The normalized spacial score (nSPS) is 9.12. The van der Waals surface area contributed by atoms with Crippen LogP contribution in [0.4, 0.5) is 0 Å². The Morgan fingerprint density at radius 1 is 1.50 bits per heavy atom. The third-order valence-corrected chi connectivity index (χ3v) is 0.735. The van der Waals surface area contributed by atoms with Gasteiger partial charge in [-0.1, -0.05) is 0 Å². The first kappa shape index (κ1) is 7.59. The van der Waals surface area contributed by atoms with Crippen molar-refractivity contribution in [2.75, 3.05) is 26.2 Å². The van der Waals surface area contributed by atoms with Gasteiger partial charge in [0, 0.05) is 13.1 Å². The molecule has 48 valence electrons. The van der Waals surface area contributed by atoms with Gasteiger partial charge in [0.25, 0.3) is 0 Å². The summed E-state index contributed by atoms with van der Waals surface area (Å²) in [6, 6.07) is 0. The zero-order valence-electron chi connectivity index (χ0n) is 4.93. The average Bonchev–Trinajstić information content (AvgIpc) is 1.81. The number of nitrogens with one attached hydrogen (secondary N) is 1. The summed E-state index contributed by atoms with van der Waals surface area (Å²) in [7, 11) is 0. The Balaban J connectivity index is 2.62. The molecule has 0 atom stereocenters. The maximum Gasteiger partial charge on any atom is 0.0555 e. The molecule has 0 unspecified atom stereocenters. The molecular weight excluding hydrogens is 104 g/mol. The minimum absolute atomic E-state index is 0.192. The lowest BCUT2D eigenvalue weighted by Gasteiger charge is -1.95. The Morgan fingerprint density at radius 2 is 2.25 bits per heavy atom. The summed E-state index contributed by atoms with van der Waals surface area (Å²) in [4.78, 5) is 3.61. The van der Waals surface area contributed by atoms with Crippen molar-refractivity contribution in [3.8, 4) is 0 Å². The van der Waals surface area contributed by atoms with E-state index in [9.17, 15) is 0 Å². The monoisotopic (exact) mass is 116 g/mol. The zero-order chi connectivity index (χ0) is 6.24. The number of aliphatic hydroxyl groups is 1. The molecule has 0 aliphatic heterocycles. The molecule has 0 aromatic heterocycles. The predicted octanol–water partition coefficient (Wildman–Crippen LogP) is -0.731. The molecule has 0 amide bonds. The smallest absolute Gasteiger partial charge is 0.0555 e. The minimum atomic E-state index is 0.192. The Kier molecular flexibility index (Phi) is 6.25. The molecule has 0 rings (SSSR count). The van der Waals surface area contributed by atoms with Crippen LogP contribution < -0.4 is 5.32 Å². The van der Waals surface area contributed by atoms with Crippen molar-refractivity contribution in [2.45, 2.75) is 0 Å². The second-order valence-electron chi connectivity index (χ2n) is 1.42. The van der Waals surface area contributed by atoms with Crippen molar-refractivity contribution in [3.63, 3.8) is 0 Å². The fourth-order valence-electron chi connectivity index (χ4n) is 0.362. The lowest BCUT2D eigenvalue weighted by Crippen LogP contribution is -2.20. The summed E-state index contributed by atoms with van der Waals surface area (Å²) in [6.07, 6.45) is 0. The van der Waals surface area contributed by atoms with E-state index in [4.69, 9.17) is 5.11 Å². The highest BCUT2D eigenvalue weighted by molar-refractivity contribution is 5.23. The fourth-order valence-corrected chi connectivity index (χ4v) is 0.362. The number of aliphatic imine (C=N–C) groups is 1. The lowest BCUT2D eigenvalue weighted by atomic mass is 10.6. The van der Waals surface area contributed by atoms with Gasteiger partial charge in [0.1, 0.15) is 0 Å². The second-order valence-corrected chi connectivity index (χ2v) is 1.42. The Hall–Kier alpha value is -0.410. The number of hydrogen-bond acceptors (Lipinski definition) is 3. The Morgan fingerprint density at radius 3 is 2.75 bits per heavy atom. The summed E-state index contributed by atoms with van der Waals surface area (Å²) >= 11 is 0. The highest BCUT2D eigenvalue weighted by atomic mass is 16.3. The van der Waals surface area contributed by atoms with Crippen molar-refractivity contribution in [1.29, 1.82) is 0 Å². The van der Waals surface area contributed by atoms with Crippen molar-refractivity contribution < 1.29 is 5.11 Å². The molecule has 0 spiro atoms. The highest BCUT2D eigenvalue weighted by Crippen LogP contribution is 1.61. The molecule has 0 heterocycles. The van der Waals surface area contributed by atoms with Crippen LogP contribution in [0.3, 0.4) is 0 Å². The zero-order valence-corrected chi connectivity index (χ0v) is 4.93. The lowest BCUT2D eigenvalue weighted by molar-refractivity contribution is 0.293. The van der Waals surface area contributed by atoms with Gasteiger partial charge in [-0.3, -0.25) is 4.99 Å². The standard InChI is InChI=1S/C5H12N2O/c1-6-2-3-7-4-5-8/h7-8H,1-5H2. The first-order valence-electron chi connectivity index (χ1n) is 2.66. The summed E-state index contributed by atoms with van der Waals surface area (Å²) in [6.45, 7) is 5.68. The van der Waals surface area contributed by atoms with Crippen LogP contribution in [0.1, 0.15) is 0 Å². The van der Waals surface area contributed by atoms with Gasteiger partial charge in [-0.25, -0.2) is 0 Å². The van der Waals surface area contributed by atoms with Gasteiger partial charge >= 0.3 is 0 Å².